The van der Waals surface area contributed by atoms with Crippen LogP contribution in [0.2, 0.25) is 0 Å². The van der Waals surface area contributed by atoms with Crippen LogP contribution in [0.15, 0.2) is 85.1 Å². The average Bonchev–Trinajstić information content (AvgIpc) is 3.49. The van der Waals surface area contributed by atoms with Crippen LogP contribution in [0.25, 0.3) is 0 Å². The first-order valence-electron chi connectivity index (χ1n) is 8.81. The van der Waals surface area contributed by atoms with Gasteiger partial charge in [-0.15, -0.1) is 12.3 Å². The minimum absolute atomic E-state index is 0. The Hall–Kier alpha value is -2.54. The van der Waals surface area contributed by atoms with Crippen molar-refractivity contribution in [1.29, 1.82) is 0 Å². The molecule has 0 aromatic heterocycles. The second-order valence-corrected chi connectivity index (χ2v) is 6.19. The predicted molar refractivity (Wildman–Crippen MR) is 117 cm³/mol. The highest BCUT2D eigenvalue weighted by molar-refractivity contribution is 5.28. The second kappa shape index (κ2) is 13.6. The van der Waals surface area contributed by atoms with E-state index in [1.165, 1.54) is 23.1 Å². The molecule has 0 bridgehead atoms. The molecule has 0 spiro atoms. The van der Waals surface area contributed by atoms with Crippen molar-refractivity contribution in [2.75, 3.05) is 7.11 Å². The molecule has 2 nitrogen and oxygen atoms in total. The van der Waals surface area contributed by atoms with Gasteiger partial charge >= 0.3 is 0 Å². The lowest BCUT2D eigenvalue weighted by molar-refractivity contribution is 0.306. The van der Waals surface area contributed by atoms with E-state index in [4.69, 9.17) is 9.84 Å². The number of rotatable bonds is 5. The van der Waals surface area contributed by atoms with Gasteiger partial charge in [-0.3, -0.25) is 0 Å². The van der Waals surface area contributed by atoms with Crippen molar-refractivity contribution < 1.29 is 9.84 Å². The van der Waals surface area contributed by atoms with Gasteiger partial charge in [0.15, 0.2) is 0 Å². The standard InChI is InChI=1S/C14H14O.C9H12.CH4O.CH4/c1-12-6-5-9-14(10-12)15-11-13-7-3-2-4-8-13;1-4-7(3)9-6-8(9)5-2;1-2;/h2-10H,11H2,1H3;5,8-9H,1-2,6H2,3H3;2H,1H3;1H4/t;8-,9-;;/m.1../s1. The van der Waals surface area contributed by atoms with E-state index < -0.39 is 0 Å². The zero-order valence-corrected chi connectivity index (χ0v) is 16.1. The molecular formula is C25H34O2. The Labute approximate surface area is 165 Å². The number of benzene rings is 2. The molecule has 1 N–H and O–H groups in total. The number of hydrogen-bond acceptors (Lipinski definition) is 2. The van der Waals surface area contributed by atoms with Gasteiger partial charge in [0.2, 0.25) is 0 Å². The quantitative estimate of drug-likeness (QED) is 0.493. The summed E-state index contributed by atoms with van der Waals surface area (Å²) in [4.78, 5) is 0. The zero-order chi connectivity index (χ0) is 19.4. The highest BCUT2D eigenvalue weighted by Crippen LogP contribution is 2.44. The lowest BCUT2D eigenvalue weighted by Crippen LogP contribution is -1.94. The molecule has 0 amide bonds. The molecule has 146 valence electrons. The minimum atomic E-state index is 0. The fourth-order valence-electron chi connectivity index (χ4n) is 2.55. The molecule has 2 heteroatoms. The van der Waals surface area contributed by atoms with Gasteiger partial charge in [0.1, 0.15) is 12.4 Å². The monoisotopic (exact) mass is 366 g/mol. The Bertz CT molecular complexity index is 712. The van der Waals surface area contributed by atoms with Gasteiger partial charge < -0.3 is 9.84 Å². The number of hydrogen-bond donors (Lipinski definition) is 1. The van der Waals surface area contributed by atoms with Gasteiger partial charge in [0, 0.05) is 7.11 Å². The summed E-state index contributed by atoms with van der Waals surface area (Å²) in [5, 5.41) is 7.00. The van der Waals surface area contributed by atoms with E-state index in [0.717, 1.165) is 24.7 Å². The highest BCUT2D eigenvalue weighted by atomic mass is 16.5. The number of ether oxygens (including phenoxy) is 1. The molecule has 0 unspecified atom stereocenters. The van der Waals surface area contributed by atoms with Gasteiger partial charge in [-0.1, -0.05) is 62.5 Å². The third-order valence-corrected chi connectivity index (χ3v) is 4.22. The van der Waals surface area contributed by atoms with Crippen LogP contribution in [0.3, 0.4) is 0 Å². The molecule has 0 heterocycles. The molecule has 2 aromatic rings. The fraction of sp³-hybridized carbons (Fsp3) is 0.320. The van der Waals surface area contributed by atoms with Gasteiger partial charge in [-0.25, -0.2) is 0 Å². The molecule has 2 aromatic carbocycles. The summed E-state index contributed by atoms with van der Waals surface area (Å²) in [5.74, 6) is 2.37. The van der Waals surface area contributed by atoms with Crippen LogP contribution in [0.1, 0.15) is 31.9 Å². The third kappa shape index (κ3) is 9.10. The van der Waals surface area contributed by atoms with Crippen LogP contribution in [-0.2, 0) is 6.61 Å². The van der Waals surface area contributed by atoms with E-state index in [2.05, 4.69) is 50.9 Å². The predicted octanol–water partition coefficient (Wildman–Crippen LogP) is 6.36. The average molecular weight is 367 g/mol. The Morgan fingerprint density at radius 1 is 1.19 bits per heavy atom. The largest absolute Gasteiger partial charge is 0.489 e. The fourth-order valence-corrected chi connectivity index (χ4v) is 2.55. The summed E-state index contributed by atoms with van der Waals surface area (Å²) in [7, 11) is 1.00. The molecule has 1 fully saturated rings. The van der Waals surface area contributed by atoms with Gasteiger partial charge in [0.25, 0.3) is 0 Å². The van der Waals surface area contributed by atoms with Crippen LogP contribution in [0, 0.1) is 18.8 Å². The first kappa shape index (κ1) is 24.5. The maximum Gasteiger partial charge on any atom is 0.120 e. The molecule has 0 saturated heterocycles. The Kier molecular flexibility index (Phi) is 12.4. The molecule has 27 heavy (non-hydrogen) atoms. The van der Waals surface area contributed by atoms with E-state index >= 15 is 0 Å². The molecule has 0 aliphatic heterocycles. The van der Waals surface area contributed by atoms with Crippen LogP contribution < -0.4 is 4.74 Å². The Balaban J connectivity index is 0.000000487. The molecule has 1 aliphatic rings. The van der Waals surface area contributed by atoms with Crippen LogP contribution in [0.4, 0.5) is 0 Å². The van der Waals surface area contributed by atoms with E-state index in [0.29, 0.717) is 6.61 Å². The van der Waals surface area contributed by atoms with E-state index in [9.17, 15) is 0 Å². The first-order chi connectivity index (χ1) is 12.6. The summed E-state index contributed by atoms with van der Waals surface area (Å²) in [6.45, 7) is 12.1. The van der Waals surface area contributed by atoms with Crippen molar-refractivity contribution >= 4 is 0 Å². The molecular weight excluding hydrogens is 332 g/mol. The van der Waals surface area contributed by atoms with Crippen LogP contribution >= 0.6 is 0 Å². The minimum Gasteiger partial charge on any atom is -0.489 e. The molecule has 1 aliphatic carbocycles. The number of allylic oxidation sites excluding steroid dienone is 2. The topological polar surface area (TPSA) is 29.5 Å². The maximum absolute atomic E-state index is 7.00. The normalized spacial score (nSPS) is 16.0. The Morgan fingerprint density at radius 3 is 2.37 bits per heavy atom. The molecule has 1 saturated carbocycles. The van der Waals surface area contributed by atoms with Crippen molar-refractivity contribution in [1.82, 2.24) is 0 Å². The second-order valence-electron chi connectivity index (χ2n) is 6.19. The van der Waals surface area contributed by atoms with Gasteiger partial charge in [-0.2, -0.15) is 0 Å². The molecule has 0 radical (unpaired) electrons. The van der Waals surface area contributed by atoms with Gasteiger partial charge in [0.05, 0.1) is 0 Å². The van der Waals surface area contributed by atoms with Crippen molar-refractivity contribution in [2.24, 2.45) is 11.8 Å². The third-order valence-electron chi connectivity index (χ3n) is 4.22. The SMILES string of the molecule is C.C=C=C(C)[C@H]1C[C@H]1C=C.CO.Cc1cccc(OCc2ccccc2)c1. The number of aliphatic hydroxyl groups excluding tert-OH is 1. The van der Waals surface area contributed by atoms with E-state index in [1.54, 1.807) is 0 Å². The lowest BCUT2D eigenvalue weighted by Gasteiger charge is -2.06. The summed E-state index contributed by atoms with van der Waals surface area (Å²) < 4.78 is 5.67. The van der Waals surface area contributed by atoms with Gasteiger partial charge in [-0.05, 0) is 60.9 Å². The van der Waals surface area contributed by atoms with E-state index in [-0.39, 0.29) is 7.43 Å². The summed E-state index contributed by atoms with van der Waals surface area (Å²) in [6, 6.07) is 18.3. The lowest BCUT2D eigenvalue weighted by atomic mass is 10.2. The highest BCUT2D eigenvalue weighted by Gasteiger charge is 2.35. The number of aliphatic hydroxyl groups is 1. The summed E-state index contributed by atoms with van der Waals surface area (Å²) >= 11 is 0. The molecule has 2 atom stereocenters. The maximum atomic E-state index is 7.00. The van der Waals surface area contributed by atoms with Crippen molar-refractivity contribution in [3.63, 3.8) is 0 Å². The zero-order valence-electron chi connectivity index (χ0n) is 16.1. The van der Waals surface area contributed by atoms with Crippen molar-refractivity contribution in [3.8, 4) is 5.75 Å². The Morgan fingerprint density at radius 2 is 1.85 bits per heavy atom. The van der Waals surface area contributed by atoms with E-state index in [1.807, 2.05) is 42.5 Å². The number of aryl methyl sites for hydroxylation is 1. The smallest absolute Gasteiger partial charge is 0.120 e. The van der Waals surface area contributed by atoms with Crippen molar-refractivity contribution in [3.05, 3.63) is 96.3 Å². The molecule has 3 rings (SSSR count). The van der Waals surface area contributed by atoms with Crippen LogP contribution in [-0.4, -0.2) is 12.2 Å². The summed E-state index contributed by atoms with van der Waals surface area (Å²) in [5.41, 5.74) is 6.62. The van der Waals surface area contributed by atoms with Crippen LogP contribution in [0.5, 0.6) is 5.75 Å². The van der Waals surface area contributed by atoms with Crippen molar-refractivity contribution in [2.45, 2.75) is 34.3 Å². The first-order valence-corrected chi connectivity index (χ1v) is 8.81. The summed E-state index contributed by atoms with van der Waals surface area (Å²) in [6.07, 6.45) is 3.28.